The summed E-state index contributed by atoms with van der Waals surface area (Å²) < 4.78 is 6.42. The van der Waals surface area contributed by atoms with Gasteiger partial charge in [-0.3, -0.25) is 0 Å². The molecule has 0 amide bonds. The molecule has 2 aromatic carbocycles. The lowest BCUT2D eigenvalue weighted by atomic mass is 10.3. The van der Waals surface area contributed by atoms with Crippen molar-refractivity contribution in [3.05, 3.63) is 45.9 Å². The molecule has 0 fully saturated rings. The van der Waals surface area contributed by atoms with E-state index in [1.165, 1.54) is 0 Å². The molecule has 1 aromatic heterocycles. The second-order valence-electron chi connectivity index (χ2n) is 4.00. The molecule has 4 nitrogen and oxygen atoms in total. The van der Waals surface area contributed by atoms with Gasteiger partial charge in [-0.1, -0.05) is 11.6 Å². The van der Waals surface area contributed by atoms with Crippen LogP contribution in [-0.2, 0) is 0 Å². The van der Waals surface area contributed by atoms with Crippen molar-refractivity contribution < 1.29 is 4.42 Å². The molecule has 3 rings (SSSR count). The van der Waals surface area contributed by atoms with Gasteiger partial charge in [0.15, 0.2) is 5.58 Å². The van der Waals surface area contributed by atoms with Gasteiger partial charge in [0, 0.05) is 15.2 Å². The van der Waals surface area contributed by atoms with Crippen LogP contribution in [-0.4, -0.2) is 4.98 Å². The molecule has 0 atom stereocenters. The Morgan fingerprint density at radius 2 is 2.05 bits per heavy atom. The van der Waals surface area contributed by atoms with Crippen LogP contribution in [0.15, 0.2) is 45.3 Å². The topological polar surface area (TPSA) is 64.1 Å². The minimum Gasteiger partial charge on any atom is -0.423 e. The minimum absolute atomic E-state index is 0.406. The van der Waals surface area contributed by atoms with Gasteiger partial charge < -0.3 is 15.5 Å². The van der Waals surface area contributed by atoms with Crippen LogP contribution in [0.3, 0.4) is 0 Å². The number of rotatable bonds is 2. The zero-order valence-corrected chi connectivity index (χ0v) is 12.0. The fourth-order valence-electron chi connectivity index (χ4n) is 1.70. The number of halogens is 2. The van der Waals surface area contributed by atoms with Crippen molar-refractivity contribution in [3.8, 4) is 0 Å². The lowest BCUT2D eigenvalue weighted by molar-refractivity contribution is 0.623. The molecule has 0 radical (unpaired) electrons. The van der Waals surface area contributed by atoms with Crippen LogP contribution in [0.25, 0.3) is 11.1 Å². The SMILES string of the molecule is Nc1ccc2oc(Nc3ccc(Cl)cc3Br)nc2c1. The van der Waals surface area contributed by atoms with Crippen molar-refractivity contribution in [2.45, 2.75) is 0 Å². The van der Waals surface area contributed by atoms with E-state index in [0.29, 0.717) is 27.8 Å². The first kappa shape index (κ1) is 12.3. The van der Waals surface area contributed by atoms with Crippen molar-refractivity contribution >= 4 is 56.0 Å². The molecule has 3 N–H and O–H groups in total. The Hall–Kier alpha value is -1.72. The molecule has 0 unspecified atom stereocenters. The van der Waals surface area contributed by atoms with E-state index in [-0.39, 0.29) is 0 Å². The van der Waals surface area contributed by atoms with Gasteiger partial charge >= 0.3 is 0 Å². The van der Waals surface area contributed by atoms with Crippen LogP contribution in [0.4, 0.5) is 17.4 Å². The van der Waals surface area contributed by atoms with Gasteiger partial charge in [-0.05, 0) is 52.3 Å². The number of hydrogen-bond donors (Lipinski definition) is 2. The molecule has 0 aliphatic heterocycles. The number of hydrogen-bond acceptors (Lipinski definition) is 4. The second kappa shape index (κ2) is 4.75. The number of aromatic nitrogens is 1. The zero-order chi connectivity index (χ0) is 13.4. The van der Waals surface area contributed by atoms with Gasteiger partial charge in [0.25, 0.3) is 6.01 Å². The van der Waals surface area contributed by atoms with Gasteiger partial charge in [-0.25, -0.2) is 0 Å². The number of nitrogens with zero attached hydrogens (tertiary/aromatic N) is 1. The average molecular weight is 339 g/mol. The van der Waals surface area contributed by atoms with Gasteiger partial charge in [-0.15, -0.1) is 0 Å². The third kappa shape index (κ3) is 2.52. The van der Waals surface area contributed by atoms with Gasteiger partial charge in [-0.2, -0.15) is 4.98 Å². The Kier molecular flexibility index (Phi) is 3.08. The molecule has 19 heavy (non-hydrogen) atoms. The summed E-state index contributed by atoms with van der Waals surface area (Å²) in [5.41, 5.74) is 8.58. The third-order valence-electron chi connectivity index (χ3n) is 2.58. The van der Waals surface area contributed by atoms with E-state index in [0.717, 1.165) is 10.2 Å². The maximum atomic E-state index is 5.89. The number of nitrogen functional groups attached to an aromatic ring is 1. The predicted octanol–water partition coefficient (Wildman–Crippen LogP) is 4.57. The summed E-state index contributed by atoms with van der Waals surface area (Å²) in [7, 11) is 0. The molecule has 96 valence electrons. The number of nitrogens with one attached hydrogen (secondary N) is 1. The molecular formula is C13H9BrClN3O. The number of benzene rings is 2. The first-order valence-electron chi connectivity index (χ1n) is 5.50. The first-order valence-corrected chi connectivity index (χ1v) is 6.67. The lowest BCUT2D eigenvalue weighted by Gasteiger charge is -2.04. The van der Waals surface area contributed by atoms with Crippen molar-refractivity contribution in [2.24, 2.45) is 0 Å². The van der Waals surface area contributed by atoms with Crippen LogP contribution in [0.2, 0.25) is 5.02 Å². The molecule has 0 saturated heterocycles. The van der Waals surface area contributed by atoms with E-state index in [9.17, 15) is 0 Å². The highest BCUT2D eigenvalue weighted by Crippen LogP contribution is 2.30. The number of oxazole rings is 1. The molecule has 3 aromatic rings. The number of nitrogens with two attached hydrogens (primary N) is 1. The van der Waals surface area contributed by atoms with Gasteiger partial charge in [0.2, 0.25) is 0 Å². The van der Waals surface area contributed by atoms with Crippen LogP contribution in [0.1, 0.15) is 0 Å². The number of anilines is 3. The molecule has 0 aliphatic rings. The maximum absolute atomic E-state index is 5.89. The highest BCUT2D eigenvalue weighted by molar-refractivity contribution is 9.10. The number of fused-ring (bicyclic) bond motifs is 1. The quantitative estimate of drug-likeness (QED) is 0.672. The fourth-order valence-corrected chi connectivity index (χ4v) is 2.49. The molecule has 1 heterocycles. The van der Waals surface area contributed by atoms with Gasteiger partial charge in [0.1, 0.15) is 5.52 Å². The summed E-state index contributed by atoms with van der Waals surface area (Å²) in [6.07, 6.45) is 0. The second-order valence-corrected chi connectivity index (χ2v) is 5.29. The summed E-state index contributed by atoms with van der Waals surface area (Å²) in [6.45, 7) is 0. The van der Waals surface area contributed by atoms with Crippen molar-refractivity contribution in [3.63, 3.8) is 0 Å². The summed E-state index contributed by atoms with van der Waals surface area (Å²) >= 11 is 9.31. The highest BCUT2D eigenvalue weighted by atomic mass is 79.9. The molecule has 0 spiro atoms. The molecular weight excluding hydrogens is 330 g/mol. The average Bonchev–Trinajstić information content (AvgIpc) is 2.74. The van der Waals surface area contributed by atoms with Crippen LogP contribution >= 0.6 is 27.5 Å². The minimum atomic E-state index is 0.406. The van der Waals surface area contributed by atoms with Crippen molar-refractivity contribution in [1.29, 1.82) is 0 Å². The smallest absolute Gasteiger partial charge is 0.300 e. The van der Waals surface area contributed by atoms with Crippen LogP contribution in [0, 0.1) is 0 Å². The van der Waals surface area contributed by atoms with E-state index in [2.05, 4.69) is 26.2 Å². The summed E-state index contributed by atoms with van der Waals surface area (Å²) in [5.74, 6) is 0. The Bertz CT molecular complexity index is 757. The Balaban J connectivity index is 1.96. The van der Waals surface area contributed by atoms with Crippen molar-refractivity contribution in [2.75, 3.05) is 11.1 Å². The van der Waals surface area contributed by atoms with E-state index < -0.39 is 0 Å². The van der Waals surface area contributed by atoms with Crippen LogP contribution in [0.5, 0.6) is 0 Å². The molecule has 6 heteroatoms. The Morgan fingerprint density at radius 1 is 1.21 bits per heavy atom. The lowest BCUT2D eigenvalue weighted by Crippen LogP contribution is -1.91. The van der Waals surface area contributed by atoms with E-state index in [1.54, 1.807) is 30.3 Å². The predicted molar refractivity (Wildman–Crippen MR) is 80.9 cm³/mol. The first-order chi connectivity index (χ1) is 9.11. The van der Waals surface area contributed by atoms with Crippen LogP contribution < -0.4 is 11.1 Å². The zero-order valence-electron chi connectivity index (χ0n) is 9.65. The third-order valence-corrected chi connectivity index (χ3v) is 3.48. The van der Waals surface area contributed by atoms with Crippen molar-refractivity contribution in [1.82, 2.24) is 4.98 Å². The van der Waals surface area contributed by atoms with Gasteiger partial charge in [0.05, 0.1) is 5.69 Å². The maximum Gasteiger partial charge on any atom is 0.300 e. The molecule has 0 aliphatic carbocycles. The molecule has 0 saturated carbocycles. The monoisotopic (exact) mass is 337 g/mol. The highest BCUT2D eigenvalue weighted by Gasteiger charge is 2.08. The van der Waals surface area contributed by atoms with E-state index >= 15 is 0 Å². The standard InChI is InChI=1S/C13H9BrClN3O/c14-9-5-7(15)1-3-10(9)17-13-18-11-6-8(16)2-4-12(11)19-13/h1-6H,16H2,(H,17,18). The molecule has 0 bridgehead atoms. The Labute approximate surface area is 122 Å². The van der Waals surface area contributed by atoms with E-state index in [1.807, 2.05) is 6.07 Å². The van der Waals surface area contributed by atoms with E-state index in [4.69, 9.17) is 21.8 Å². The Morgan fingerprint density at radius 3 is 2.84 bits per heavy atom. The summed E-state index contributed by atoms with van der Waals surface area (Å²) in [4.78, 5) is 4.32. The summed E-state index contributed by atoms with van der Waals surface area (Å²) in [6, 6.07) is 11.2. The largest absolute Gasteiger partial charge is 0.423 e. The normalized spacial score (nSPS) is 10.8. The summed E-state index contributed by atoms with van der Waals surface area (Å²) in [5, 5.41) is 3.74. The fraction of sp³-hybridized carbons (Fsp3) is 0.